The minimum atomic E-state index is -0.272. The van der Waals surface area contributed by atoms with Gasteiger partial charge in [0.1, 0.15) is 12.9 Å². The molecular formula is C21H24N2O4. The zero-order valence-electron chi connectivity index (χ0n) is 15.8. The summed E-state index contributed by atoms with van der Waals surface area (Å²) in [6.07, 6.45) is 0.525. The average molecular weight is 368 g/mol. The Morgan fingerprint density at radius 2 is 1.96 bits per heavy atom. The maximum Gasteiger partial charge on any atom is 0.254 e. The molecule has 0 saturated carbocycles. The quantitative estimate of drug-likeness (QED) is 0.824. The summed E-state index contributed by atoms with van der Waals surface area (Å²) < 4.78 is 5.38. The van der Waals surface area contributed by atoms with Gasteiger partial charge in [-0.05, 0) is 41.8 Å². The molecule has 0 aromatic heterocycles. The molecule has 27 heavy (non-hydrogen) atoms. The Bertz CT molecular complexity index is 846. The van der Waals surface area contributed by atoms with Crippen molar-refractivity contribution in [3.63, 3.8) is 0 Å². The number of methoxy groups -OCH3 is 1. The fraction of sp³-hybridized carbons (Fsp3) is 0.333. The molecule has 3 rings (SSSR count). The second-order valence-corrected chi connectivity index (χ2v) is 6.52. The maximum atomic E-state index is 12.9. The summed E-state index contributed by atoms with van der Waals surface area (Å²) in [5, 5.41) is 13.5. The number of aliphatic hydroxyl groups is 1. The molecule has 1 atom stereocenters. The van der Waals surface area contributed by atoms with Crippen molar-refractivity contribution in [3.8, 4) is 16.9 Å². The lowest BCUT2D eigenvalue weighted by Gasteiger charge is -2.22. The fourth-order valence-corrected chi connectivity index (χ4v) is 3.47. The fourth-order valence-electron chi connectivity index (χ4n) is 3.47. The number of nitrogens with zero attached hydrogens (tertiary/aromatic N) is 2. The first kappa shape index (κ1) is 18.9. The van der Waals surface area contributed by atoms with Crippen LogP contribution in [-0.2, 0) is 4.84 Å². The zero-order valence-corrected chi connectivity index (χ0v) is 15.8. The smallest absolute Gasteiger partial charge is 0.254 e. The summed E-state index contributed by atoms with van der Waals surface area (Å²) in [5.74, 6) is 0.713. The van der Waals surface area contributed by atoms with Crippen LogP contribution in [0, 0.1) is 6.92 Å². The molecule has 0 radical (unpaired) electrons. The molecule has 2 aromatic rings. The molecule has 1 N–H and O–H groups in total. The van der Waals surface area contributed by atoms with Gasteiger partial charge in [-0.25, -0.2) is 0 Å². The molecule has 6 heteroatoms. The van der Waals surface area contributed by atoms with Crippen LogP contribution in [0.5, 0.6) is 5.75 Å². The van der Waals surface area contributed by atoms with E-state index in [9.17, 15) is 9.90 Å². The van der Waals surface area contributed by atoms with Crippen molar-refractivity contribution in [2.24, 2.45) is 5.16 Å². The van der Waals surface area contributed by atoms with Crippen LogP contribution in [0.25, 0.3) is 11.1 Å². The van der Waals surface area contributed by atoms with Gasteiger partial charge in [0.05, 0.1) is 32.0 Å². The molecule has 1 saturated heterocycles. The third-order valence-corrected chi connectivity index (χ3v) is 4.90. The van der Waals surface area contributed by atoms with Crippen molar-refractivity contribution in [1.29, 1.82) is 0 Å². The molecule has 142 valence electrons. The van der Waals surface area contributed by atoms with Gasteiger partial charge < -0.3 is 19.6 Å². The Labute approximate surface area is 159 Å². The number of aliphatic hydroxyl groups excluding tert-OH is 1. The standard InChI is InChI=1S/C21H24N2O4/c1-14-19(5-4-6-20(14)26-2)15-7-9-16(10-8-15)21(25)23-12-17(22-27-3)11-18(23)13-24/h4-10,18,24H,11-13H2,1-3H3/b22-17+. The second-order valence-electron chi connectivity index (χ2n) is 6.52. The van der Waals surface area contributed by atoms with E-state index in [-0.39, 0.29) is 18.6 Å². The first-order chi connectivity index (χ1) is 13.1. The highest BCUT2D eigenvalue weighted by Crippen LogP contribution is 2.30. The minimum Gasteiger partial charge on any atom is -0.496 e. The molecule has 1 amide bonds. The van der Waals surface area contributed by atoms with Crippen LogP contribution in [0.1, 0.15) is 22.3 Å². The Kier molecular flexibility index (Phi) is 5.76. The van der Waals surface area contributed by atoms with Crippen molar-refractivity contribution in [2.75, 3.05) is 27.4 Å². The second kappa shape index (κ2) is 8.22. The predicted octanol–water partition coefficient (Wildman–Crippen LogP) is 2.88. The van der Waals surface area contributed by atoms with Crippen LogP contribution >= 0.6 is 0 Å². The number of hydrogen-bond donors (Lipinski definition) is 1. The molecule has 1 aliphatic rings. The summed E-state index contributed by atoms with van der Waals surface area (Å²) in [6.45, 7) is 2.28. The van der Waals surface area contributed by atoms with Gasteiger partial charge in [0.25, 0.3) is 5.91 Å². The van der Waals surface area contributed by atoms with Crippen molar-refractivity contribution in [2.45, 2.75) is 19.4 Å². The van der Waals surface area contributed by atoms with Crippen LogP contribution in [0.15, 0.2) is 47.6 Å². The molecule has 1 heterocycles. The lowest BCUT2D eigenvalue weighted by molar-refractivity contribution is 0.0680. The highest BCUT2D eigenvalue weighted by Gasteiger charge is 2.33. The molecule has 0 bridgehead atoms. The summed E-state index contributed by atoms with van der Waals surface area (Å²) in [5.41, 5.74) is 4.48. The third kappa shape index (κ3) is 3.80. The summed E-state index contributed by atoms with van der Waals surface area (Å²) in [7, 11) is 3.13. The number of carbonyl (C=O) groups excluding carboxylic acids is 1. The van der Waals surface area contributed by atoms with E-state index < -0.39 is 0 Å². The van der Waals surface area contributed by atoms with Gasteiger partial charge in [-0.2, -0.15) is 0 Å². The van der Waals surface area contributed by atoms with Gasteiger partial charge in [-0.15, -0.1) is 0 Å². The minimum absolute atomic E-state index is 0.102. The zero-order chi connectivity index (χ0) is 19.4. The van der Waals surface area contributed by atoms with Gasteiger partial charge in [0.2, 0.25) is 0 Å². The van der Waals surface area contributed by atoms with Gasteiger partial charge >= 0.3 is 0 Å². The monoisotopic (exact) mass is 368 g/mol. The molecular weight excluding hydrogens is 344 g/mol. The van der Waals surface area contributed by atoms with Crippen molar-refractivity contribution in [3.05, 3.63) is 53.6 Å². The Hall–Kier alpha value is -2.86. The number of carbonyl (C=O) groups is 1. The number of rotatable bonds is 5. The third-order valence-electron chi connectivity index (χ3n) is 4.90. The number of hydrogen-bond acceptors (Lipinski definition) is 5. The van der Waals surface area contributed by atoms with Crippen molar-refractivity contribution >= 4 is 11.6 Å². The molecule has 0 aliphatic carbocycles. The van der Waals surface area contributed by atoms with E-state index in [0.717, 1.165) is 28.2 Å². The normalized spacial score (nSPS) is 18.0. The molecule has 6 nitrogen and oxygen atoms in total. The SMILES string of the molecule is CO/N=C1\CC(CO)N(C(=O)c2ccc(-c3cccc(OC)c3C)cc2)C1. The van der Waals surface area contributed by atoms with Gasteiger partial charge in [0.15, 0.2) is 0 Å². The van der Waals surface area contributed by atoms with Crippen LogP contribution < -0.4 is 4.74 Å². The summed E-state index contributed by atoms with van der Waals surface area (Å²) in [6, 6.07) is 13.1. The van der Waals surface area contributed by atoms with Crippen LogP contribution in [0.2, 0.25) is 0 Å². The number of oxime groups is 1. The highest BCUT2D eigenvalue weighted by molar-refractivity contribution is 6.00. The van der Waals surface area contributed by atoms with Crippen LogP contribution in [0.3, 0.4) is 0 Å². The predicted molar refractivity (Wildman–Crippen MR) is 104 cm³/mol. The lowest BCUT2D eigenvalue weighted by atomic mass is 9.98. The molecule has 1 aliphatic heterocycles. The van der Waals surface area contributed by atoms with E-state index in [0.29, 0.717) is 18.5 Å². The largest absolute Gasteiger partial charge is 0.496 e. The van der Waals surface area contributed by atoms with E-state index >= 15 is 0 Å². The molecule has 2 aromatic carbocycles. The molecule has 1 unspecified atom stereocenters. The number of amides is 1. The lowest BCUT2D eigenvalue weighted by Crippen LogP contribution is -2.37. The number of benzene rings is 2. The summed E-state index contributed by atoms with van der Waals surface area (Å²) in [4.78, 5) is 19.3. The van der Waals surface area contributed by atoms with E-state index in [1.165, 1.54) is 7.11 Å². The number of ether oxygens (including phenoxy) is 1. The average Bonchev–Trinajstić information content (AvgIpc) is 3.11. The Morgan fingerprint density at radius 1 is 1.22 bits per heavy atom. The highest BCUT2D eigenvalue weighted by atomic mass is 16.6. The van der Waals surface area contributed by atoms with E-state index in [2.05, 4.69) is 5.16 Å². The van der Waals surface area contributed by atoms with E-state index in [1.807, 2.05) is 49.4 Å². The first-order valence-electron chi connectivity index (χ1n) is 8.83. The van der Waals surface area contributed by atoms with Crippen molar-refractivity contribution < 1.29 is 19.5 Å². The van der Waals surface area contributed by atoms with Crippen LogP contribution in [0.4, 0.5) is 0 Å². The molecule has 1 fully saturated rings. The molecule has 0 spiro atoms. The van der Waals surface area contributed by atoms with Crippen molar-refractivity contribution in [1.82, 2.24) is 4.90 Å². The van der Waals surface area contributed by atoms with E-state index in [4.69, 9.17) is 9.57 Å². The first-order valence-corrected chi connectivity index (χ1v) is 8.83. The topological polar surface area (TPSA) is 71.4 Å². The maximum absolute atomic E-state index is 12.9. The van der Waals surface area contributed by atoms with Crippen LogP contribution in [-0.4, -0.2) is 55.0 Å². The summed E-state index contributed by atoms with van der Waals surface area (Å²) >= 11 is 0. The number of likely N-dealkylation sites (tertiary alicyclic amines) is 1. The Morgan fingerprint density at radius 3 is 2.59 bits per heavy atom. The van der Waals surface area contributed by atoms with Gasteiger partial charge in [-0.3, -0.25) is 4.79 Å². The Balaban J connectivity index is 1.83. The van der Waals surface area contributed by atoms with Gasteiger partial charge in [-0.1, -0.05) is 29.4 Å². The van der Waals surface area contributed by atoms with E-state index in [1.54, 1.807) is 12.0 Å². The van der Waals surface area contributed by atoms with Gasteiger partial charge in [0, 0.05) is 12.0 Å².